The first-order chi connectivity index (χ1) is 21.4. The van der Waals surface area contributed by atoms with Crippen LogP contribution in [-0.4, -0.2) is 70.3 Å². The first-order valence-electron chi connectivity index (χ1n) is 15.6. The Morgan fingerprint density at radius 1 is 1.09 bits per heavy atom. The smallest absolute Gasteiger partial charge is 0.413 e. The van der Waals surface area contributed by atoms with Crippen molar-refractivity contribution in [3.05, 3.63) is 54.5 Å². The average Bonchev–Trinajstić information content (AvgIpc) is 3.40. The molecule has 2 unspecified atom stereocenters. The lowest BCUT2D eigenvalue weighted by Gasteiger charge is -2.31. The summed E-state index contributed by atoms with van der Waals surface area (Å²) < 4.78 is 59.3. The number of anilines is 1. The standard InChI is InChI=1S/C31H44N5O8P/c1-7-20(8-2)16-38-29-25(40-29)19(3)35-45(37,44-21-12-10-9-11-13-21)39-17-23-26-27(43-30(4,5)42-26)31(6,41-23)24-15-14-22-28(32)33-18-34-36(22)24/h9-15,18-20,23,25-27,29H,7-8,16-17H2,1-6H3,(H,35,37)(H2,32,33,34)/t19-,23+,25?,26+,27+,29?,31-,45-/m0/s1. The highest BCUT2D eigenvalue weighted by molar-refractivity contribution is 7.52. The number of nitrogens with two attached hydrogens (primary N) is 1. The van der Waals surface area contributed by atoms with Crippen molar-refractivity contribution in [3.8, 4) is 5.75 Å². The Balaban J connectivity index is 1.20. The maximum Gasteiger partial charge on any atom is 0.459 e. The van der Waals surface area contributed by atoms with E-state index in [9.17, 15) is 4.57 Å². The van der Waals surface area contributed by atoms with E-state index < -0.39 is 43.5 Å². The number of nitrogens with zero attached hydrogens (tertiary/aromatic N) is 3. The van der Waals surface area contributed by atoms with Crippen molar-refractivity contribution < 1.29 is 37.3 Å². The molecule has 0 radical (unpaired) electrons. The highest BCUT2D eigenvalue weighted by Crippen LogP contribution is 2.52. The van der Waals surface area contributed by atoms with E-state index in [0.717, 1.165) is 12.8 Å². The van der Waals surface area contributed by atoms with E-state index in [2.05, 4.69) is 29.0 Å². The van der Waals surface area contributed by atoms with Gasteiger partial charge in [-0.1, -0.05) is 44.9 Å². The zero-order valence-corrected chi connectivity index (χ0v) is 27.5. The van der Waals surface area contributed by atoms with Crippen LogP contribution < -0.4 is 15.3 Å². The molecule has 3 N–H and O–H groups in total. The van der Waals surface area contributed by atoms with E-state index in [-0.39, 0.29) is 19.0 Å². The van der Waals surface area contributed by atoms with Gasteiger partial charge in [-0.3, -0.25) is 4.52 Å². The third kappa shape index (κ3) is 6.63. The zero-order chi connectivity index (χ0) is 32.0. The van der Waals surface area contributed by atoms with E-state index in [0.29, 0.717) is 35.3 Å². The van der Waals surface area contributed by atoms with Crippen molar-refractivity contribution in [1.82, 2.24) is 19.7 Å². The predicted molar refractivity (Wildman–Crippen MR) is 165 cm³/mol. The summed E-state index contributed by atoms with van der Waals surface area (Å²) in [5, 5.41) is 7.49. The normalized spacial score (nSPS) is 30.8. The van der Waals surface area contributed by atoms with E-state index in [4.69, 9.17) is 38.5 Å². The molecule has 6 rings (SSSR count). The minimum atomic E-state index is -3.96. The van der Waals surface area contributed by atoms with Gasteiger partial charge < -0.3 is 33.9 Å². The maximum atomic E-state index is 14.4. The molecule has 5 heterocycles. The summed E-state index contributed by atoms with van der Waals surface area (Å²) in [6.07, 6.45) is 1.07. The predicted octanol–water partition coefficient (Wildman–Crippen LogP) is 4.81. The van der Waals surface area contributed by atoms with E-state index in [1.165, 1.54) is 6.33 Å². The van der Waals surface area contributed by atoms with Gasteiger partial charge in [-0.15, -0.1) is 0 Å². The lowest BCUT2D eigenvalue weighted by molar-refractivity contribution is -0.211. The Labute approximate surface area is 263 Å². The second kappa shape index (κ2) is 12.5. The number of hydrogen-bond acceptors (Lipinski definition) is 11. The first kappa shape index (κ1) is 32.3. The molecule has 0 bridgehead atoms. The van der Waals surface area contributed by atoms with E-state index >= 15 is 0 Å². The van der Waals surface area contributed by atoms with Gasteiger partial charge in [-0.2, -0.15) is 5.10 Å². The number of epoxide rings is 1. The monoisotopic (exact) mass is 645 g/mol. The minimum Gasteiger partial charge on any atom is -0.413 e. The van der Waals surface area contributed by atoms with Crippen LogP contribution in [0.2, 0.25) is 0 Å². The Morgan fingerprint density at radius 2 is 1.84 bits per heavy atom. The summed E-state index contributed by atoms with van der Waals surface area (Å²) in [5.41, 5.74) is 6.46. The van der Waals surface area contributed by atoms with Gasteiger partial charge in [0.05, 0.1) is 18.9 Å². The molecular formula is C31H44N5O8P. The van der Waals surface area contributed by atoms with Crippen molar-refractivity contribution in [3.63, 3.8) is 0 Å². The van der Waals surface area contributed by atoms with Crippen LogP contribution in [0.5, 0.6) is 5.75 Å². The number of benzene rings is 1. The van der Waals surface area contributed by atoms with E-state index in [1.807, 2.05) is 45.9 Å². The largest absolute Gasteiger partial charge is 0.459 e. The number of nitrogen functional groups attached to an aromatic ring is 1. The van der Waals surface area contributed by atoms with Crippen LogP contribution >= 0.6 is 7.75 Å². The summed E-state index contributed by atoms with van der Waals surface area (Å²) in [4.78, 5) is 4.10. The maximum absolute atomic E-state index is 14.4. The molecule has 0 spiro atoms. The van der Waals surface area contributed by atoms with Gasteiger partial charge in [-0.05, 0) is 57.9 Å². The van der Waals surface area contributed by atoms with Crippen LogP contribution in [0.1, 0.15) is 60.1 Å². The molecule has 0 amide bonds. The summed E-state index contributed by atoms with van der Waals surface area (Å²) in [7, 11) is -3.96. The number of ether oxygens (including phenoxy) is 5. The molecular weight excluding hydrogens is 601 g/mol. The molecule has 3 fully saturated rings. The van der Waals surface area contributed by atoms with Crippen LogP contribution in [-0.2, 0) is 38.4 Å². The molecule has 13 nitrogen and oxygen atoms in total. The highest BCUT2D eigenvalue weighted by Gasteiger charge is 2.62. The lowest BCUT2D eigenvalue weighted by atomic mass is 9.93. The van der Waals surface area contributed by atoms with Gasteiger partial charge in [-0.25, -0.2) is 19.2 Å². The van der Waals surface area contributed by atoms with E-state index in [1.54, 1.807) is 28.8 Å². The molecule has 45 heavy (non-hydrogen) atoms. The van der Waals surface area contributed by atoms with Gasteiger partial charge in [0, 0.05) is 6.04 Å². The van der Waals surface area contributed by atoms with Gasteiger partial charge in [0.1, 0.15) is 47.6 Å². The summed E-state index contributed by atoms with van der Waals surface area (Å²) in [6.45, 7) is 12.3. The van der Waals surface area contributed by atoms with Crippen molar-refractivity contribution in [2.45, 2.75) is 103 Å². The molecule has 0 saturated carbocycles. The Kier molecular flexibility index (Phi) is 9.01. The third-order valence-corrected chi connectivity index (χ3v) is 10.5. The lowest BCUT2D eigenvalue weighted by Crippen LogP contribution is -2.39. The fraction of sp³-hybridized carbons (Fsp3) is 0.613. The van der Waals surface area contributed by atoms with Crippen molar-refractivity contribution in [2.75, 3.05) is 18.9 Å². The number of rotatable bonds is 14. The van der Waals surface area contributed by atoms with Crippen LogP contribution in [0.15, 0.2) is 48.8 Å². The molecule has 8 atom stereocenters. The highest BCUT2D eigenvalue weighted by atomic mass is 31.2. The number of nitrogens with one attached hydrogen (secondary N) is 1. The SMILES string of the molecule is CCC(CC)COC1OC1[C@H](C)N[P@](=O)(OC[C@H]1O[C@@](C)(c2ccc3c(N)ncnn23)[C@@H]2OC(C)(C)O[C@@H]21)Oc1ccccc1. The molecule has 2 aromatic heterocycles. The molecule has 3 aliphatic heterocycles. The molecule has 246 valence electrons. The Morgan fingerprint density at radius 3 is 2.58 bits per heavy atom. The summed E-state index contributed by atoms with van der Waals surface area (Å²) in [5.74, 6) is 0.327. The fourth-order valence-corrected chi connectivity index (χ4v) is 7.72. The first-order valence-corrected chi connectivity index (χ1v) is 17.2. The number of hydrogen-bond donors (Lipinski definition) is 2. The molecule has 3 saturated heterocycles. The number of aromatic nitrogens is 3. The van der Waals surface area contributed by atoms with Gasteiger partial charge in [0.2, 0.25) is 0 Å². The number of para-hydroxylation sites is 1. The molecule has 3 aliphatic rings. The second-order valence-corrected chi connectivity index (χ2v) is 14.2. The minimum absolute atomic E-state index is 0.111. The Bertz CT molecular complexity index is 1520. The Hall–Kier alpha value is -2.61. The third-order valence-electron chi connectivity index (χ3n) is 8.79. The van der Waals surface area contributed by atoms with Crippen LogP contribution in [0.4, 0.5) is 5.82 Å². The van der Waals surface area contributed by atoms with Crippen LogP contribution in [0.3, 0.4) is 0 Å². The average molecular weight is 646 g/mol. The van der Waals surface area contributed by atoms with Crippen LogP contribution in [0.25, 0.3) is 5.52 Å². The second-order valence-electron chi connectivity index (χ2n) is 12.5. The van der Waals surface area contributed by atoms with Gasteiger partial charge >= 0.3 is 7.75 Å². The fourth-order valence-electron chi connectivity index (χ4n) is 6.16. The van der Waals surface area contributed by atoms with Gasteiger partial charge in [0.25, 0.3) is 0 Å². The zero-order valence-electron chi connectivity index (χ0n) is 26.6. The molecule has 14 heteroatoms. The van der Waals surface area contributed by atoms with Crippen molar-refractivity contribution >= 4 is 19.1 Å². The topological polar surface area (TPSA) is 153 Å². The number of fused-ring (bicyclic) bond motifs is 2. The van der Waals surface area contributed by atoms with Crippen molar-refractivity contribution in [1.29, 1.82) is 0 Å². The van der Waals surface area contributed by atoms with Gasteiger partial charge in [0.15, 0.2) is 17.9 Å². The quantitative estimate of drug-likeness (QED) is 0.183. The molecule has 3 aromatic rings. The van der Waals surface area contributed by atoms with Crippen LogP contribution in [0, 0.1) is 5.92 Å². The summed E-state index contributed by atoms with van der Waals surface area (Å²) >= 11 is 0. The van der Waals surface area contributed by atoms with Crippen molar-refractivity contribution in [2.24, 2.45) is 5.92 Å². The molecule has 1 aromatic carbocycles. The molecule has 0 aliphatic carbocycles. The summed E-state index contributed by atoms with van der Waals surface area (Å²) in [6, 6.07) is 12.2.